The van der Waals surface area contributed by atoms with Gasteiger partial charge in [0.15, 0.2) is 17.5 Å². The van der Waals surface area contributed by atoms with E-state index in [4.69, 9.17) is 14.2 Å². The number of halogens is 1. The third-order valence-corrected chi connectivity index (χ3v) is 4.34. The highest BCUT2D eigenvalue weighted by Crippen LogP contribution is 2.34. The molecule has 1 aliphatic rings. The molecule has 2 N–H and O–H groups in total. The average Bonchev–Trinajstić information content (AvgIpc) is 3.12. The molecule has 0 radical (unpaired) electrons. The zero-order valence-electron chi connectivity index (χ0n) is 16.2. The third-order valence-electron chi connectivity index (χ3n) is 4.34. The van der Waals surface area contributed by atoms with Gasteiger partial charge in [0.25, 0.3) is 0 Å². The van der Waals surface area contributed by atoms with E-state index >= 15 is 0 Å². The van der Waals surface area contributed by atoms with Gasteiger partial charge in [0.05, 0.1) is 19.8 Å². The Morgan fingerprint density at radius 2 is 2.00 bits per heavy atom. The Bertz CT molecular complexity index is 563. The lowest BCUT2D eigenvalue weighted by Gasteiger charge is -2.21. The van der Waals surface area contributed by atoms with Crippen LogP contribution in [0.2, 0.25) is 0 Å². The molecule has 1 saturated carbocycles. The summed E-state index contributed by atoms with van der Waals surface area (Å²) >= 11 is 0. The largest absolute Gasteiger partial charge is 0.493 e. The predicted molar refractivity (Wildman–Crippen MR) is 116 cm³/mol. The standard InChI is InChI=1S/C19H31N3O3.HI/c1-14(13-23-3)22-19(20-2)21-12-15-8-7-11-17(24-4)18(15)25-16-9-5-6-10-16;/h7-8,11,14,16H,5-6,9-10,12-13H2,1-4H3,(H2,20,21,22);1H. The highest BCUT2D eigenvalue weighted by Gasteiger charge is 2.20. The third kappa shape index (κ3) is 6.83. The van der Waals surface area contributed by atoms with Crippen molar-refractivity contribution in [3.8, 4) is 11.5 Å². The molecule has 6 nitrogen and oxygen atoms in total. The van der Waals surface area contributed by atoms with Crippen molar-refractivity contribution in [2.45, 2.75) is 51.3 Å². The lowest BCUT2D eigenvalue weighted by molar-refractivity contribution is 0.179. The molecule has 0 heterocycles. The van der Waals surface area contributed by atoms with Crippen LogP contribution in [0.5, 0.6) is 11.5 Å². The number of rotatable bonds is 8. The highest BCUT2D eigenvalue weighted by atomic mass is 127. The number of ether oxygens (including phenoxy) is 3. The molecule has 1 aliphatic carbocycles. The van der Waals surface area contributed by atoms with Gasteiger partial charge >= 0.3 is 0 Å². The summed E-state index contributed by atoms with van der Waals surface area (Å²) in [5.41, 5.74) is 1.06. The first-order valence-electron chi connectivity index (χ1n) is 8.96. The second-order valence-corrected chi connectivity index (χ2v) is 6.40. The summed E-state index contributed by atoms with van der Waals surface area (Å²) in [5, 5.41) is 6.64. The monoisotopic (exact) mass is 477 g/mol. The zero-order chi connectivity index (χ0) is 18.1. The van der Waals surface area contributed by atoms with E-state index in [2.05, 4.69) is 28.6 Å². The zero-order valence-corrected chi connectivity index (χ0v) is 18.5. The second kappa shape index (κ2) is 12.2. The Hall–Kier alpha value is -1.22. The molecule has 148 valence electrons. The van der Waals surface area contributed by atoms with Crippen LogP contribution in [0.4, 0.5) is 0 Å². The number of aliphatic imine (C=N–C) groups is 1. The first-order chi connectivity index (χ1) is 12.2. The Balaban J connectivity index is 0.00000338. The summed E-state index contributed by atoms with van der Waals surface area (Å²) in [6, 6.07) is 6.17. The van der Waals surface area contributed by atoms with Crippen molar-refractivity contribution in [1.29, 1.82) is 0 Å². The molecule has 0 saturated heterocycles. The summed E-state index contributed by atoms with van der Waals surface area (Å²) in [7, 11) is 5.13. The molecule has 7 heteroatoms. The summed E-state index contributed by atoms with van der Waals surface area (Å²) in [5.74, 6) is 2.35. The van der Waals surface area contributed by atoms with E-state index in [1.165, 1.54) is 12.8 Å². The van der Waals surface area contributed by atoms with Crippen molar-refractivity contribution in [3.05, 3.63) is 23.8 Å². The van der Waals surface area contributed by atoms with E-state index in [0.717, 1.165) is 35.9 Å². The quantitative estimate of drug-likeness (QED) is 0.342. The number of guanidine groups is 1. The van der Waals surface area contributed by atoms with Crippen LogP contribution < -0.4 is 20.1 Å². The summed E-state index contributed by atoms with van der Waals surface area (Å²) in [4.78, 5) is 4.27. The first-order valence-corrected chi connectivity index (χ1v) is 8.96. The Labute approximate surface area is 174 Å². The van der Waals surface area contributed by atoms with Crippen LogP contribution in [0.3, 0.4) is 0 Å². The molecule has 0 spiro atoms. The molecule has 1 unspecified atom stereocenters. The smallest absolute Gasteiger partial charge is 0.191 e. The van der Waals surface area contributed by atoms with Crippen LogP contribution in [-0.2, 0) is 11.3 Å². The van der Waals surface area contributed by atoms with Gasteiger partial charge < -0.3 is 24.8 Å². The number of methoxy groups -OCH3 is 2. The van der Waals surface area contributed by atoms with Crippen LogP contribution in [0, 0.1) is 0 Å². The first kappa shape index (κ1) is 22.8. The topological polar surface area (TPSA) is 64.1 Å². The fourth-order valence-electron chi connectivity index (χ4n) is 3.07. The maximum atomic E-state index is 6.27. The van der Waals surface area contributed by atoms with E-state index in [0.29, 0.717) is 13.2 Å². The summed E-state index contributed by atoms with van der Waals surface area (Å²) in [6.45, 7) is 3.28. The van der Waals surface area contributed by atoms with Crippen molar-refractivity contribution in [2.75, 3.05) is 27.9 Å². The Kier molecular flexibility index (Phi) is 10.7. The van der Waals surface area contributed by atoms with Crippen LogP contribution in [0.15, 0.2) is 23.2 Å². The van der Waals surface area contributed by atoms with E-state index in [1.807, 2.05) is 12.1 Å². The Morgan fingerprint density at radius 1 is 1.27 bits per heavy atom. The second-order valence-electron chi connectivity index (χ2n) is 6.40. The summed E-state index contributed by atoms with van der Waals surface area (Å²) in [6.07, 6.45) is 4.99. The summed E-state index contributed by atoms with van der Waals surface area (Å²) < 4.78 is 16.9. The number of para-hydroxylation sites is 1. The molecule has 0 aromatic heterocycles. The molecular formula is C19H32IN3O3. The van der Waals surface area contributed by atoms with Gasteiger partial charge in [-0.25, -0.2) is 0 Å². The van der Waals surface area contributed by atoms with Gasteiger partial charge in [-0.1, -0.05) is 12.1 Å². The molecule has 0 amide bonds. The minimum Gasteiger partial charge on any atom is -0.493 e. The van der Waals surface area contributed by atoms with Crippen LogP contribution in [0.25, 0.3) is 0 Å². The highest BCUT2D eigenvalue weighted by molar-refractivity contribution is 14.0. The Morgan fingerprint density at radius 3 is 2.62 bits per heavy atom. The molecule has 1 fully saturated rings. The van der Waals surface area contributed by atoms with E-state index in [-0.39, 0.29) is 36.1 Å². The van der Waals surface area contributed by atoms with Crippen molar-refractivity contribution in [1.82, 2.24) is 10.6 Å². The van der Waals surface area contributed by atoms with Gasteiger partial charge in [-0.3, -0.25) is 4.99 Å². The fraction of sp³-hybridized carbons (Fsp3) is 0.632. The lowest BCUT2D eigenvalue weighted by atomic mass is 10.1. The van der Waals surface area contributed by atoms with Gasteiger partial charge in [0.1, 0.15) is 0 Å². The van der Waals surface area contributed by atoms with Gasteiger partial charge in [-0.2, -0.15) is 0 Å². The van der Waals surface area contributed by atoms with Gasteiger partial charge in [0, 0.05) is 32.3 Å². The normalized spacial score (nSPS) is 15.9. The van der Waals surface area contributed by atoms with Crippen molar-refractivity contribution < 1.29 is 14.2 Å². The van der Waals surface area contributed by atoms with Gasteiger partial charge in [-0.05, 0) is 38.7 Å². The molecule has 2 rings (SSSR count). The van der Waals surface area contributed by atoms with Crippen molar-refractivity contribution in [3.63, 3.8) is 0 Å². The van der Waals surface area contributed by atoms with E-state index in [9.17, 15) is 0 Å². The minimum atomic E-state index is 0. The van der Waals surface area contributed by atoms with E-state index in [1.54, 1.807) is 21.3 Å². The van der Waals surface area contributed by atoms with Crippen LogP contribution >= 0.6 is 24.0 Å². The molecule has 0 aliphatic heterocycles. The van der Waals surface area contributed by atoms with Crippen molar-refractivity contribution in [2.24, 2.45) is 4.99 Å². The van der Waals surface area contributed by atoms with Crippen LogP contribution in [-0.4, -0.2) is 46.0 Å². The minimum absolute atomic E-state index is 0. The molecular weight excluding hydrogens is 445 g/mol. The predicted octanol–water partition coefficient (Wildman–Crippen LogP) is 3.33. The number of benzene rings is 1. The van der Waals surface area contributed by atoms with E-state index < -0.39 is 0 Å². The number of hydrogen-bond donors (Lipinski definition) is 2. The molecule has 1 aromatic carbocycles. The molecule has 26 heavy (non-hydrogen) atoms. The SMILES string of the molecule is CN=C(NCc1cccc(OC)c1OC1CCCC1)NC(C)COC.I. The molecule has 1 atom stereocenters. The molecule has 0 bridgehead atoms. The number of nitrogens with zero attached hydrogens (tertiary/aromatic N) is 1. The lowest BCUT2D eigenvalue weighted by Crippen LogP contribution is -2.43. The fourth-order valence-corrected chi connectivity index (χ4v) is 3.07. The van der Waals surface area contributed by atoms with Gasteiger partial charge in [-0.15, -0.1) is 24.0 Å². The maximum absolute atomic E-state index is 6.27. The van der Waals surface area contributed by atoms with Gasteiger partial charge in [0.2, 0.25) is 0 Å². The maximum Gasteiger partial charge on any atom is 0.191 e. The van der Waals surface area contributed by atoms with Crippen LogP contribution in [0.1, 0.15) is 38.2 Å². The number of hydrogen-bond acceptors (Lipinski definition) is 4. The molecule has 1 aromatic rings. The average molecular weight is 477 g/mol. The number of nitrogens with one attached hydrogen (secondary N) is 2. The van der Waals surface area contributed by atoms with Crippen molar-refractivity contribution >= 4 is 29.9 Å².